The number of nitrogens with one attached hydrogen (secondary N) is 1. The van der Waals surface area contributed by atoms with Crippen LogP contribution in [0.15, 0.2) is 97.6 Å². The third-order valence-corrected chi connectivity index (χ3v) is 5.81. The van der Waals surface area contributed by atoms with E-state index in [1.165, 1.54) is 18.5 Å². The van der Waals surface area contributed by atoms with Gasteiger partial charge in [0.05, 0.1) is 17.7 Å². The van der Waals surface area contributed by atoms with Crippen molar-refractivity contribution in [2.75, 3.05) is 24.2 Å². The van der Waals surface area contributed by atoms with Crippen LogP contribution >= 0.6 is 0 Å². The summed E-state index contributed by atoms with van der Waals surface area (Å²) >= 11 is 0. The van der Waals surface area contributed by atoms with Crippen LogP contribution in [0.3, 0.4) is 0 Å². The Morgan fingerprint density at radius 2 is 1.83 bits per heavy atom. The van der Waals surface area contributed by atoms with Crippen molar-refractivity contribution >= 4 is 28.6 Å². The number of carbonyl (C=O) groups excluding carboxylic acids is 1. The Bertz CT molecular complexity index is 1360. The van der Waals surface area contributed by atoms with Gasteiger partial charge in [-0.2, -0.15) is 0 Å². The summed E-state index contributed by atoms with van der Waals surface area (Å²) in [6.45, 7) is 8.70. The van der Waals surface area contributed by atoms with E-state index in [4.69, 9.17) is 10.5 Å². The first-order chi connectivity index (χ1) is 17.5. The molecule has 0 saturated heterocycles. The molecular formula is C29H27FN4O2. The summed E-state index contributed by atoms with van der Waals surface area (Å²) in [6, 6.07) is 16.4. The number of benzene rings is 2. The first-order valence-electron chi connectivity index (χ1n) is 11.6. The number of ketones is 1. The maximum atomic E-state index is 13.8. The lowest BCUT2D eigenvalue weighted by molar-refractivity contribution is 0.105. The molecule has 1 aliphatic carbocycles. The van der Waals surface area contributed by atoms with Crippen LogP contribution in [0.25, 0.3) is 11.1 Å². The predicted octanol–water partition coefficient (Wildman–Crippen LogP) is 6.03. The quantitative estimate of drug-likeness (QED) is 0.208. The van der Waals surface area contributed by atoms with E-state index in [9.17, 15) is 9.18 Å². The monoisotopic (exact) mass is 482 g/mol. The number of halogens is 1. The van der Waals surface area contributed by atoms with E-state index in [0.29, 0.717) is 53.2 Å². The molecule has 3 N–H and O–H groups in total. The molecule has 2 aromatic carbocycles. The number of nitrogen functional groups attached to an aromatic ring is 1. The molecule has 1 aliphatic rings. The van der Waals surface area contributed by atoms with E-state index in [1.54, 1.807) is 18.2 Å². The number of anilines is 2. The first-order valence-corrected chi connectivity index (χ1v) is 11.6. The molecular weight excluding hydrogens is 455 g/mol. The van der Waals surface area contributed by atoms with Crippen molar-refractivity contribution in [1.29, 1.82) is 0 Å². The number of hydrogen-bond donors (Lipinski definition) is 2. The van der Waals surface area contributed by atoms with Crippen molar-refractivity contribution in [2.45, 2.75) is 12.8 Å². The highest BCUT2D eigenvalue weighted by atomic mass is 19.1. The number of aromatic nitrogens is 2. The Kier molecular flexibility index (Phi) is 7.70. The normalized spacial score (nSPS) is 12.8. The van der Waals surface area contributed by atoms with Crippen LogP contribution in [0, 0.1) is 0 Å². The third kappa shape index (κ3) is 5.58. The van der Waals surface area contributed by atoms with Crippen molar-refractivity contribution in [3.63, 3.8) is 0 Å². The Hall–Kier alpha value is -4.52. The highest BCUT2D eigenvalue weighted by Crippen LogP contribution is 2.35. The molecule has 0 radical (unpaired) electrons. The molecule has 6 nitrogen and oxygen atoms in total. The number of hydrogen-bond acceptors (Lipinski definition) is 6. The lowest BCUT2D eigenvalue weighted by Gasteiger charge is -2.18. The molecule has 3 aromatic rings. The van der Waals surface area contributed by atoms with Crippen LogP contribution in [0.5, 0.6) is 5.75 Å². The van der Waals surface area contributed by atoms with Gasteiger partial charge in [0, 0.05) is 5.57 Å². The van der Waals surface area contributed by atoms with Crippen molar-refractivity contribution in [3.05, 3.63) is 114 Å². The van der Waals surface area contributed by atoms with E-state index in [2.05, 4.69) is 28.4 Å². The lowest BCUT2D eigenvalue weighted by Crippen LogP contribution is -2.16. The van der Waals surface area contributed by atoms with Crippen molar-refractivity contribution < 1.29 is 13.9 Å². The van der Waals surface area contributed by atoms with Crippen LogP contribution < -0.4 is 15.8 Å². The minimum absolute atomic E-state index is 0.200. The molecule has 0 fully saturated rings. The largest absolute Gasteiger partial charge is 0.491 e. The van der Waals surface area contributed by atoms with Gasteiger partial charge < -0.3 is 15.8 Å². The number of allylic oxidation sites excluding steroid dienone is 6. The number of carbonyl (C=O) groups is 1. The average molecular weight is 483 g/mol. The second kappa shape index (κ2) is 11.3. The zero-order valence-electron chi connectivity index (χ0n) is 19.8. The molecule has 0 saturated carbocycles. The molecule has 1 heterocycles. The SMILES string of the molecule is C=C(C(=O)c1ccccc1OCCNc1ncnc(N)c1C(=C)C1=CC(F)=CCC1)c1ccccc1. The van der Waals surface area contributed by atoms with E-state index < -0.39 is 0 Å². The molecule has 0 unspecified atom stereocenters. The van der Waals surface area contributed by atoms with E-state index >= 15 is 0 Å². The van der Waals surface area contributed by atoms with Gasteiger partial charge in [0.1, 0.15) is 36.1 Å². The summed E-state index contributed by atoms with van der Waals surface area (Å²) in [5, 5.41) is 3.20. The number of nitrogens with two attached hydrogens (primary N) is 1. The van der Waals surface area contributed by atoms with Crippen molar-refractivity contribution in [1.82, 2.24) is 9.97 Å². The number of nitrogens with zero attached hydrogens (tertiary/aromatic N) is 2. The number of Topliss-reactive ketones (excluding diaryl/α,β-unsaturated/α-hetero) is 1. The third-order valence-electron chi connectivity index (χ3n) is 5.81. The summed E-state index contributed by atoms with van der Waals surface area (Å²) in [4.78, 5) is 21.5. The predicted molar refractivity (Wildman–Crippen MR) is 142 cm³/mol. The standard InChI is InChI=1S/C29H27FN4O2/c1-19(22-11-8-12-23(30)17-22)26-28(31)33-18-34-29(26)32-15-16-36-25-14-7-6-13-24(25)27(35)20(2)21-9-4-3-5-10-21/h3-7,9-10,12-14,17-18H,1-2,8,11,15-16H2,(H3,31,32,33,34). The molecule has 0 spiro atoms. The summed E-state index contributed by atoms with van der Waals surface area (Å²) in [5.41, 5.74) is 9.58. The summed E-state index contributed by atoms with van der Waals surface area (Å²) < 4.78 is 19.7. The Morgan fingerprint density at radius 3 is 2.61 bits per heavy atom. The fourth-order valence-electron chi connectivity index (χ4n) is 3.94. The minimum atomic E-state index is -0.293. The van der Waals surface area contributed by atoms with Gasteiger partial charge in [-0.3, -0.25) is 4.79 Å². The molecule has 182 valence electrons. The molecule has 0 atom stereocenters. The lowest BCUT2D eigenvalue weighted by atomic mass is 9.93. The molecule has 0 aliphatic heterocycles. The van der Waals surface area contributed by atoms with Crippen LogP contribution in [0.1, 0.15) is 34.3 Å². The van der Waals surface area contributed by atoms with Gasteiger partial charge in [-0.15, -0.1) is 0 Å². The maximum Gasteiger partial charge on any atom is 0.196 e. The summed E-state index contributed by atoms with van der Waals surface area (Å²) in [7, 11) is 0. The second-order valence-corrected chi connectivity index (χ2v) is 8.20. The van der Waals surface area contributed by atoms with Gasteiger partial charge in [0.15, 0.2) is 5.78 Å². The number of rotatable bonds is 10. The summed E-state index contributed by atoms with van der Waals surface area (Å²) in [6.07, 6.45) is 5.60. The molecule has 4 rings (SSSR count). The van der Waals surface area contributed by atoms with Crippen molar-refractivity contribution in [3.8, 4) is 5.75 Å². The van der Waals surface area contributed by atoms with Gasteiger partial charge in [-0.1, -0.05) is 55.6 Å². The van der Waals surface area contributed by atoms with Crippen LogP contribution in [0.4, 0.5) is 16.0 Å². The van der Waals surface area contributed by atoms with Gasteiger partial charge in [0.2, 0.25) is 0 Å². The fourth-order valence-corrected chi connectivity index (χ4v) is 3.94. The number of para-hydroxylation sites is 1. The van der Waals surface area contributed by atoms with Crippen LogP contribution in [0.2, 0.25) is 0 Å². The molecule has 0 amide bonds. The highest BCUT2D eigenvalue weighted by molar-refractivity contribution is 6.29. The fraction of sp³-hybridized carbons (Fsp3) is 0.138. The van der Waals surface area contributed by atoms with Gasteiger partial charge >= 0.3 is 0 Å². The average Bonchev–Trinajstić information content (AvgIpc) is 2.90. The molecule has 7 heteroatoms. The van der Waals surface area contributed by atoms with Crippen LogP contribution in [-0.2, 0) is 0 Å². The van der Waals surface area contributed by atoms with E-state index in [0.717, 1.165) is 11.1 Å². The van der Waals surface area contributed by atoms with Gasteiger partial charge in [-0.25, -0.2) is 14.4 Å². The Labute approximate surface area is 209 Å². The number of ether oxygens (including phenoxy) is 1. The topological polar surface area (TPSA) is 90.1 Å². The van der Waals surface area contributed by atoms with Crippen LogP contribution in [-0.4, -0.2) is 28.9 Å². The molecule has 0 bridgehead atoms. The zero-order valence-corrected chi connectivity index (χ0v) is 19.8. The Morgan fingerprint density at radius 1 is 1.08 bits per heavy atom. The highest BCUT2D eigenvalue weighted by Gasteiger charge is 2.19. The smallest absolute Gasteiger partial charge is 0.196 e. The molecule has 36 heavy (non-hydrogen) atoms. The zero-order chi connectivity index (χ0) is 25.5. The summed E-state index contributed by atoms with van der Waals surface area (Å²) in [5.74, 6) is 0.703. The van der Waals surface area contributed by atoms with Gasteiger partial charge in [0.25, 0.3) is 0 Å². The maximum absolute atomic E-state index is 13.8. The first kappa shape index (κ1) is 24.6. The van der Waals surface area contributed by atoms with E-state index in [1.807, 2.05) is 36.4 Å². The van der Waals surface area contributed by atoms with E-state index in [-0.39, 0.29) is 24.0 Å². The minimum Gasteiger partial charge on any atom is -0.491 e. The Balaban J connectivity index is 1.43. The molecule has 1 aromatic heterocycles. The van der Waals surface area contributed by atoms with Crippen molar-refractivity contribution in [2.24, 2.45) is 0 Å². The van der Waals surface area contributed by atoms with Gasteiger partial charge in [-0.05, 0) is 53.8 Å². The second-order valence-electron chi connectivity index (χ2n) is 8.20.